The number of halogens is 2. The van der Waals surface area contributed by atoms with Crippen molar-refractivity contribution in [3.05, 3.63) is 50.5 Å². The highest BCUT2D eigenvalue weighted by atomic mass is 35.5. The number of nitrogens with one attached hydrogen (secondary N) is 2. The summed E-state index contributed by atoms with van der Waals surface area (Å²) in [5, 5.41) is 12.2. The first-order valence-electron chi connectivity index (χ1n) is 9.83. The lowest BCUT2D eigenvalue weighted by molar-refractivity contribution is -0.119. The molecule has 2 aromatic rings. The summed E-state index contributed by atoms with van der Waals surface area (Å²) in [7, 11) is 0. The van der Waals surface area contributed by atoms with E-state index < -0.39 is 29.1 Å². The molecule has 9 heteroatoms. The van der Waals surface area contributed by atoms with Crippen LogP contribution in [0.3, 0.4) is 0 Å². The zero-order valence-corrected chi connectivity index (χ0v) is 17.3. The van der Waals surface area contributed by atoms with Crippen LogP contribution in [0.1, 0.15) is 37.3 Å². The van der Waals surface area contributed by atoms with Crippen LogP contribution in [0.25, 0.3) is 0 Å². The molecule has 1 saturated heterocycles. The van der Waals surface area contributed by atoms with E-state index in [4.69, 9.17) is 11.6 Å². The average molecular weight is 430 g/mol. The molecule has 1 fully saturated rings. The fourth-order valence-electron chi connectivity index (χ4n) is 4.60. The summed E-state index contributed by atoms with van der Waals surface area (Å²) in [5.41, 5.74) is -0.539. The first-order valence-corrected chi connectivity index (χ1v) is 10.2. The van der Waals surface area contributed by atoms with Gasteiger partial charge in [0.25, 0.3) is 5.56 Å². The van der Waals surface area contributed by atoms with Crippen molar-refractivity contribution in [1.82, 2.24) is 9.97 Å². The fourth-order valence-corrected chi connectivity index (χ4v) is 4.88. The average Bonchev–Trinajstić information content (AvgIpc) is 2.66. The van der Waals surface area contributed by atoms with E-state index in [1.54, 1.807) is 0 Å². The van der Waals surface area contributed by atoms with E-state index in [0.29, 0.717) is 17.8 Å². The Bertz CT molecular complexity index is 1080. The maximum absolute atomic E-state index is 14.7. The van der Waals surface area contributed by atoms with Gasteiger partial charge >= 0.3 is 0 Å². The molecule has 0 bridgehead atoms. The molecule has 4 unspecified atom stereocenters. The molecule has 4 rings (SSSR count). The van der Waals surface area contributed by atoms with E-state index in [1.165, 1.54) is 18.2 Å². The summed E-state index contributed by atoms with van der Waals surface area (Å²) >= 11 is 6.21. The van der Waals surface area contributed by atoms with Crippen LogP contribution in [0.15, 0.2) is 23.0 Å². The van der Waals surface area contributed by atoms with Gasteiger partial charge < -0.3 is 10.2 Å². The third kappa shape index (κ3) is 3.43. The molecule has 1 amide bonds. The summed E-state index contributed by atoms with van der Waals surface area (Å²) in [5.74, 6) is -2.54. The Morgan fingerprint density at radius 2 is 1.93 bits per heavy atom. The van der Waals surface area contributed by atoms with E-state index in [1.807, 2.05) is 11.0 Å². The van der Waals surface area contributed by atoms with Crippen LogP contribution in [0.4, 0.5) is 16.2 Å². The third-order valence-corrected chi connectivity index (χ3v) is 6.06. The van der Waals surface area contributed by atoms with Crippen molar-refractivity contribution in [3.63, 3.8) is 0 Å². The second-order valence-electron chi connectivity index (χ2n) is 8.21. The Morgan fingerprint density at radius 1 is 1.23 bits per heavy atom. The highest BCUT2D eigenvalue weighted by Crippen LogP contribution is 2.42. The van der Waals surface area contributed by atoms with Crippen molar-refractivity contribution in [2.24, 2.45) is 17.8 Å². The standard InChI is InChI=1S/C21H21ClFN5O2/c1-10-6-11(2)9-28(8-10)21-26-18-17(20(30)27-21)15(12(7-24)19(29)25-18)16-13(22)4-3-5-14(16)23/h3-5,10-12,15H,6,8-9H2,1-2H3,(H2,25,26,27,29,30). The van der Waals surface area contributed by atoms with Crippen LogP contribution in [-0.2, 0) is 4.79 Å². The van der Waals surface area contributed by atoms with Crippen molar-refractivity contribution in [2.45, 2.75) is 26.2 Å². The Labute approximate surface area is 177 Å². The predicted molar refractivity (Wildman–Crippen MR) is 111 cm³/mol. The normalized spacial score (nSPS) is 26.0. The van der Waals surface area contributed by atoms with Gasteiger partial charge in [0.15, 0.2) is 0 Å². The molecule has 1 aromatic carbocycles. The number of H-pyrrole nitrogens is 1. The maximum Gasteiger partial charge on any atom is 0.258 e. The second-order valence-corrected chi connectivity index (χ2v) is 8.62. The Hall–Kier alpha value is -2.92. The van der Waals surface area contributed by atoms with Gasteiger partial charge in [-0.2, -0.15) is 10.2 Å². The zero-order chi connectivity index (χ0) is 21.6. The van der Waals surface area contributed by atoms with Crippen molar-refractivity contribution < 1.29 is 9.18 Å². The number of piperidine rings is 1. The molecule has 4 atom stereocenters. The fraction of sp³-hybridized carbons (Fsp3) is 0.429. The van der Waals surface area contributed by atoms with Crippen LogP contribution < -0.4 is 15.8 Å². The highest BCUT2D eigenvalue weighted by Gasteiger charge is 2.42. The van der Waals surface area contributed by atoms with E-state index >= 15 is 0 Å². The molecular formula is C21H21ClFN5O2. The number of aromatic amines is 1. The summed E-state index contributed by atoms with van der Waals surface area (Å²) in [6.07, 6.45) is 1.08. The molecule has 0 radical (unpaired) electrons. The minimum Gasteiger partial charge on any atom is -0.342 e. The van der Waals surface area contributed by atoms with Crippen LogP contribution in [0, 0.1) is 34.9 Å². The van der Waals surface area contributed by atoms with Crippen LogP contribution in [0.2, 0.25) is 5.02 Å². The topological polar surface area (TPSA) is 102 Å². The molecule has 156 valence electrons. The van der Waals surface area contributed by atoms with Crippen molar-refractivity contribution >= 4 is 29.3 Å². The number of hydrogen-bond donors (Lipinski definition) is 2. The monoisotopic (exact) mass is 429 g/mol. The van der Waals surface area contributed by atoms with Crippen LogP contribution in [-0.4, -0.2) is 29.0 Å². The minimum atomic E-state index is -1.31. The van der Waals surface area contributed by atoms with E-state index in [2.05, 4.69) is 29.1 Å². The van der Waals surface area contributed by atoms with Gasteiger partial charge in [-0.15, -0.1) is 0 Å². The molecule has 1 aromatic heterocycles. The number of nitriles is 1. The van der Waals surface area contributed by atoms with Gasteiger partial charge in [0.1, 0.15) is 17.6 Å². The molecule has 0 aliphatic carbocycles. The Balaban J connectivity index is 1.87. The lowest BCUT2D eigenvalue weighted by Crippen LogP contribution is -2.43. The number of aromatic nitrogens is 2. The highest BCUT2D eigenvalue weighted by molar-refractivity contribution is 6.31. The summed E-state index contributed by atoms with van der Waals surface area (Å²) < 4.78 is 14.7. The number of amides is 1. The smallest absolute Gasteiger partial charge is 0.258 e. The van der Waals surface area contributed by atoms with Gasteiger partial charge in [-0.05, 0) is 30.4 Å². The van der Waals surface area contributed by atoms with Gasteiger partial charge in [-0.25, -0.2) is 4.39 Å². The molecule has 2 aliphatic heterocycles. The van der Waals surface area contributed by atoms with Gasteiger partial charge in [0, 0.05) is 29.6 Å². The summed E-state index contributed by atoms with van der Waals surface area (Å²) in [6.45, 7) is 5.72. The van der Waals surface area contributed by atoms with Gasteiger partial charge in [0.05, 0.1) is 11.6 Å². The van der Waals surface area contributed by atoms with E-state index in [0.717, 1.165) is 19.5 Å². The van der Waals surface area contributed by atoms with Crippen LogP contribution >= 0.6 is 11.6 Å². The number of benzene rings is 1. The van der Waals surface area contributed by atoms with E-state index in [9.17, 15) is 19.2 Å². The zero-order valence-electron chi connectivity index (χ0n) is 16.6. The number of carbonyl (C=O) groups excluding carboxylic acids is 1. The van der Waals surface area contributed by atoms with Crippen molar-refractivity contribution in [2.75, 3.05) is 23.3 Å². The van der Waals surface area contributed by atoms with E-state index in [-0.39, 0.29) is 22.0 Å². The molecule has 7 nitrogen and oxygen atoms in total. The maximum atomic E-state index is 14.7. The summed E-state index contributed by atoms with van der Waals surface area (Å²) in [6, 6.07) is 5.97. The molecule has 30 heavy (non-hydrogen) atoms. The lowest BCUT2D eigenvalue weighted by Gasteiger charge is -2.36. The van der Waals surface area contributed by atoms with Gasteiger partial charge in [0.2, 0.25) is 11.9 Å². The number of nitrogens with zero attached hydrogens (tertiary/aromatic N) is 3. The van der Waals surface area contributed by atoms with Crippen molar-refractivity contribution in [3.8, 4) is 6.07 Å². The van der Waals surface area contributed by atoms with Gasteiger partial charge in [-0.1, -0.05) is 31.5 Å². The first-order chi connectivity index (χ1) is 14.3. The molecule has 0 saturated carbocycles. The lowest BCUT2D eigenvalue weighted by atomic mass is 9.79. The molecular weight excluding hydrogens is 409 g/mol. The Morgan fingerprint density at radius 3 is 2.57 bits per heavy atom. The van der Waals surface area contributed by atoms with Crippen LogP contribution in [0.5, 0.6) is 0 Å². The largest absolute Gasteiger partial charge is 0.342 e. The number of hydrogen-bond acceptors (Lipinski definition) is 5. The summed E-state index contributed by atoms with van der Waals surface area (Å²) in [4.78, 5) is 35.0. The SMILES string of the molecule is CC1CC(C)CN(c2nc3c(c(=O)[nH]2)C(c2c(F)cccc2Cl)C(C#N)C(=O)N3)C1. The first kappa shape index (κ1) is 20.4. The quantitative estimate of drug-likeness (QED) is 0.762. The van der Waals surface area contributed by atoms with Gasteiger partial charge in [-0.3, -0.25) is 14.6 Å². The molecule has 2 N–H and O–H groups in total. The molecule has 2 aliphatic rings. The molecule has 3 heterocycles. The Kier molecular flexibility index (Phi) is 5.24. The molecule has 0 spiro atoms. The number of carbonyl (C=O) groups is 1. The van der Waals surface area contributed by atoms with Crippen molar-refractivity contribution in [1.29, 1.82) is 5.26 Å². The minimum absolute atomic E-state index is 0.0370. The third-order valence-electron chi connectivity index (χ3n) is 5.73. The number of fused-ring (bicyclic) bond motifs is 1. The number of anilines is 2. The predicted octanol–water partition coefficient (Wildman–Crippen LogP) is 3.27. The number of rotatable bonds is 2. The second kappa shape index (κ2) is 7.73.